The highest BCUT2D eigenvalue weighted by Crippen LogP contribution is 2.13. The summed E-state index contributed by atoms with van der Waals surface area (Å²) in [6, 6.07) is 17.2. The molecule has 2 aromatic carbocycles. The molecule has 0 unspecified atom stereocenters. The van der Waals surface area contributed by atoms with Gasteiger partial charge in [0.25, 0.3) is 5.91 Å². The molecule has 0 radical (unpaired) electrons. The van der Waals surface area contributed by atoms with Crippen molar-refractivity contribution < 1.29 is 4.79 Å². The maximum Gasteiger partial charge on any atom is 0.273 e. The second-order valence-electron chi connectivity index (χ2n) is 4.28. The maximum absolute atomic E-state index is 12.0. The Balaban J connectivity index is 1.92. The highest BCUT2D eigenvalue weighted by molar-refractivity contribution is 5.99. The molecule has 4 nitrogen and oxygen atoms in total. The number of amides is 1. The van der Waals surface area contributed by atoms with E-state index in [0.29, 0.717) is 5.56 Å². The van der Waals surface area contributed by atoms with Crippen LogP contribution in [0.2, 0.25) is 0 Å². The van der Waals surface area contributed by atoms with Gasteiger partial charge in [-0.2, -0.15) is 5.10 Å². The molecule has 2 aromatic rings. The van der Waals surface area contributed by atoms with E-state index in [1.54, 1.807) is 25.4 Å². The Bertz CT molecular complexity index is 648. The van der Waals surface area contributed by atoms with Crippen LogP contribution >= 0.6 is 0 Å². The molecule has 0 saturated heterocycles. The number of benzene rings is 2. The molecular weight excluding hydrogens is 262 g/mol. The predicted molar refractivity (Wildman–Crippen MR) is 87.4 cm³/mol. The summed E-state index contributed by atoms with van der Waals surface area (Å²) in [4.78, 5) is 12.0. The number of rotatable bonds is 5. The van der Waals surface area contributed by atoms with Gasteiger partial charge in [-0.15, -0.1) is 0 Å². The van der Waals surface area contributed by atoms with Gasteiger partial charge in [0.2, 0.25) is 0 Å². The lowest BCUT2D eigenvalue weighted by molar-refractivity contribution is 0.0956. The molecule has 4 heteroatoms. The number of hydrogen-bond donors (Lipinski definition) is 2. The largest absolute Gasteiger partial charge is 0.387 e. The van der Waals surface area contributed by atoms with Crippen molar-refractivity contribution in [1.29, 1.82) is 0 Å². The molecule has 0 aliphatic rings. The normalized spacial score (nSPS) is 10.9. The van der Waals surface area contributed by atoms with Gasteiger partial charge in [-0.1, -0.05) is 48.5 Å². The second kappa shape index (κ2) is 7.65. The molecule has 0 fully saturated rings. The van der Waals surface area contributed by atoms with Gasteiger partial charge in [-0.3, -0.25) is 4.79 Å². The van der Waals surface area contributed by atoms with E-state index in [-0.39, 0.29) is 5.91 Å². The molecule has 2 rings (SSSR count). The third-order valence-electron chi connectivity index (χ3n) is 2.86. The third-order valence-corrected chi connectivity index (χ3v) is 2.86. The van der Waals surface area contributed by atoms with Crippen LogP contribution in [0.4, 0.5) is 5.69 Å². The minimum absolute atomic E-state index is 0.246. The van der Waals surface area contributed by atoms with Crippen molar-refractivity contribution in [3.63, 3.8) is 0 Å². The van der Waals surface area contributed by atoms with Crippen molar-refractivity contribution in [2.24, 2.45) is 5.10 Å². The summed E-state index contributed by atoms with van der Waals surface area (Å²) in [5.41, 5.74) is 4.91. The number of para-hydroxylation sites is 1. The monoisotopic (exact) mass is 279 g/mol. The molecule has 0 spiro atoms. The first-order valence-electron chi connectivity index (χ1n) is 6.63. The van der Waals surface area contributed by atoms with Crippen LogP contribution in [-0.4, -0.2) is 19.2 Å². The number of nitrogens with one attached hydrogen (secondary N) is 2. The van der Waals surface area contributed by atoms with Crippen LogP contribution < -0.4 is 10.7 Å². The molecule has 1 amide bonds. The molecule has 0 atom stereocenters. The molecule has 2 N–H and O–H groups in total. The Morgan fingerprint density at radius 2 is 1.76 bits per heavy atom. The SMILES string of the molecule is CNc1ccccc1C(=O)N/N=C/C=Cc1ccccc1. The predicted octanol–water partition coefficient (Wildman–Crippen LogP) is 3.16. The minimum Gasteiger partial charge on any atom is -0.387 e. The smallest absolute Gasteiger partial charge is 0.273 e. The van der Waals surface area contributed by atoms with Crippen molar-refractivity contribution in [2.45, 2.75) is 0 Å². The van der Waals surface area contributed by atoms with Gasteiger partial charge in [0, 0.05) is 18.9 Å². The third kappa shape index (κ3) is 4.31. The van der Waals surface area contributed by atoms with Gasteiger partial charge in [0.1, 0.15) is 0 Å². The first-order valence-corrected chi connectivity index (χ1v) is 6.63. The van der Waals surface area contributed by atoms with E-state index < -0.39 is 0 Å². The number of nitrogens with zero attached hydrogens (tertiary/aromatic N) is 1. The number of hydrogen-bond acceptors (Lipinski definition) is 3. The lowest BCUT2D eigenvalue weighted by Gasteiger charge is -2.06. The van der Waals surface area contributed by atoms with Crippen molar-refractivity contribution in [2.75, 3.05) is 12.4 Å². The van der Waals surface area contributed by atoms with Crippen molar-refractivity contribution in [3.8, 4) is 0 Å². The number of carbonyl (C=O) groups is 1. The van der Waals surface area contributed by atoms with Crippen molar-refractivity contribution >= 4 is 23.9 Å². The van der Waals surface area contributed by atoms with Crippen LogP contribution in [0.25, 0.3) is 6.08 Å². The van der Waals surface area contributed by atoms with Crippen molar-refractivity contribution in [3.05, 3.63) is 71.8 Å². The fourth-order valence-corrected chi connectivity index (χ4v) is 1.82. The molecule has 0 aliphatic carbocycles. The van der Waals surface area contributed by atoms with Gasteiger partial charge in [0.15, 0.2) is 0 Å². The number of carbonyl (C=O) groups excluding carboxylic acids is 1. The standard InChI is InChI=1S/C17H17N3O/c1-18-16-12-6-5-11-15(16)17(21)20-19-13-7-10-14-8-3-2-4-9-14/h2-13,18H,1H3,(H,20,21)/b10-7?,19-13+. The van der Waals surface area contributed by atoms with Crippen LogP contribution in [-0.2, 0) is 0 Å². The first-order chi connectivity index (χ1) is 10.3. The van der Waals surface area contributed by atoms with E-state index in [2.05, 4.69) is 15.8 Å². The summed E-state index contributed by atoms with van der Waals surface area (Å²) in [6.45, 7) is 0. The van der Waals surface area contributed by atoms with Gasteiger partial charge in [-0.05, 0) is 23.8 Å². The summed E-state index contributed by atoms with van der Waals surface area (Å²) in [6.07, 6.45) is 5.24. The fourth-order valence-electron chi connectivity index (χ4n) is 1.82. The highest BCUT2D eigenvalue weighted by atomic mass is 16.2. The average Bonchev–Trinajstić information content (AvgIpc) is 2.55. The van der Waals surface area contributed by atoms with Crippen LogP contribution in [0.1, 0.15) is 15.9 Å². The summed E-state index contributed by atoms with van der Waals surface area (Å²) in [5.74, 6) is -0.246. The summed E-state index contributed by atoms with van der Waals surface area (Å²) < 4.78 is 0. The van der Waals surface area contributed by atoms with Crippen molar-refractivity contribution in [1.82, 2.24) is 5.43 Å². The van der Waals surface area contributed by atoms with E-state index >= 15 is 0 Å². The fraction of sp³-hybridized carbons (Fsp3) is 0.0588. The number of allylic oxidation sites excluding steroid dienone is 1. The molecule has 21 heavy (non-hydrogen) atoms. The Labute approximate surface area is 124 Å². The first kappa shape index (κ1) is 14.5. The zero-order valence-corrected chi connectivity index (χ0v) is 11.8. The van der Waals surface area contributed by atoms with Gasteiger partial charge >= 0.3 is 0 Å². The quantitative estimate of drug-likeness (QED) is 0.652. The molecule has 0 aromatic heterocycles. The summed E-state index contributed by atoms with van der Waals surface area (Å²) >= 11 is 0. The molecule has 0 aliphatic heterocycles. The molecule has 0 bridgehead atoms. The zero-order valence-electron chi connectivity index (χ0n) is 11.8. The van der Waals surface area contributed by atoms with Gasteiger partial charge in [0.05, 0.1) is 5.56 Å². The van der Waals surface area contributed by atoms with E-state index in [0.717, 1.165) is 11.3 Å². The van der Waals surface area contributed by atoms with E-state index in [9.17, 15) is 4.79 Å². The van der Waals surface area contributed by atoms with Crippen LogP contribution in [0.3, 0.4) is 0 Å². The lowest BCUT2D eigenvalue weighted by Crippen LogP contribution is -2.18. The summed E-state index contributed by atoms with van der Waals surface area (Å²) in [7, 11) is 1.78. The van der Waals surface area contributed by atoms with Gasteiger partial charge < -0.3 is 5.32 Å². The van der Waals surface area contributed by atoms with Gasteiger partial charge in [-0.25, -0.2) is 5.43 Å². The molecule has 0 heterocycles. The van der Waals surface area contributed by atoms with E-state index in [4.69, 9.17) is 0 Å². The maximum atomic E-state index is 12.0. The molecule has 0 saturated carbocycles. The Kier molecular flexibility index (Phi) is 5.29. The Hall–Kier alpha value is -2.88. The molecule has 106 valence electrons. The minimum atomic E-state index is -0.246. The summed E-state index contributed by atoms with van der Waals surface area (Å²) in [5, 5.41) is 6.87. The second-order valence-corrected chi connectivity index (χ2v) is 4.28. The molecular formula is C17H17N3O. The van der Waals surface area contributed by atoms with Crippen LogP contribution in [0.15, 0.2) is 65.8 Å². The number of hydrazone groups is 1. The topological polar surface area (TPSA) is 53.5 Å². The number of anilines is 1. The lowest BCUT2D eigenvalue weighted by atomic mass is 10.1. The highest BCUT2D eigenvalue weighted by Gasteiger charge is 2.07. The van der Waals surface area contributed by atoms with Crippen LogP contribution in [0.5, 0.6) is 0 Å². The van der Waals surface area contributed by atoms with Crippen LogP contribution in [0, 0.1) is 0 Å². The zero-order chi connectivity index (χ0) is 14.9. The van der Waals surface area contributed by atoms with E-state index in [1.165, 1.54) is 0 Å². The Morgan fingerprint density at radius 1 is 1.05 bits per heavy atom. The van der Waals surface area contributed by atoms with E-state index in [1.807, 2.05) is 54.6 Å². The average molecular weight is 279 g/mol. The Morgan fingerprint density at radius 3 is 2.52 bits per heavy atom.